The molecule has 0 aliphatic carbocycles. The summed E-state index contributed by atoms with van der Waals surface area (Å²) in [4.78, 5) is 13.9. The van der Waals surface area contributed by atoms with E-state index in [-0.39, 0.29) is 18.1 Å². The van der Waals surface area contributed by atoms with E-state index >= 15 is 0 Å². The van der Waals surface area contributed by atoms with Crippen molar-refractivity contribution in [2.24, 2.45) is 11.8 Å². The smallest absolute Gasteiger partial charge is 0.310 e. The Hall–Kier alpha value is -0.610. The van der Waals surface area contributed by atoms with Gasteiger partial charge in [0.15, 0.2) is 0 Å². The quantitative estimate of drug-likeness (QED) is 0.638. The maximum Gasteiger partial charge on any atom is 0.310 e. The van der Waals surface area contributed by atoms with Crippen LogP contribution in [0.4, 0.5) is 0 Å². The molecule has 15 heavy (non-hydrogen) atoms. The zero-order chi connectivity index (χ0) is 10.8. The standard InChI is InChI=1S/C11H19NO3/c1-14-10-4-3-8-5-6-12(10)7-9(8)11(13)15-2/h8-10H,3-7H2,1-2H3/t8-,9+,10-/m1/s1. The predicted octanol–water partition coefficient (Wildman–Crippen LogP) is 0.864. The molecule has 0 N–H and O–H groups in total. The van der Waals surface area contributed by atoms with Gasteiger partial charge in [0.2, 0.25) is 0 Å². The van der Waals surface area contributed by atoms with Gasteiger partial charge < -0.3 is 9.47 Å². The minimum absolute atomic E-state index is 0.0542. The fraction of sp³-hybridized carbons (Fsp3) is 0.909. The van der Waals surface area contributed by atoms with Gasteiger partial charge in [-0.25, -0.2) is 0 Å². The molecule has 2 bridgehead atoms. The van der Waals surface area contributed by atoms with E-state index in [1.165, 1.54) is 7.11 Å². The maximum atomic E-state index is 11.6. The van der Waals surface area contributed by atoms with Gasteiger partial charge in [-0.3, -0.25) is 9.69 Å². The van der Waals surface area contributed by atoms with Crippen LogP contribution in [0.1, 0.15) is 19.3 Å². The van der Waals surface area contributed by atoms with Crippen LogP contribution in [0, 0.1) is 11.8 Å². The minimum atomic E-state index is -0.0542. The van der Waals surface area contributed by atoms with Crippen LogP contribution in [0.3, 0.4) is 0 Å². The molecule has 1 unspecified atom stereocenters. The van der Waals surface area contributed by atoms with Crippen LogP contribution in [-0.2, 0) is 14.3 Å². The van der Waals surface area contributed by atoms with E-state index in [4.69, 9.17) is 9.47 Å². The van der Waals surface area contributed by atoms with Crippen LogP contribution < -0.4 is 0 Å². The highest BCUT2D eigenvalue weighted by atomic mass is 16.5. The number of piperidine rings is 1. The summed E-state index contributed by atoms with van der Waals surface area (Å²) >= 11 is 0. The summed E-state index contributed by atoms with van der Waals surface area (Å²) in [6.45, 7) is 1.85. The van der Waals surface area contributed by atoms with E-state index in [9.17, 15) is 4.79 Å². The van der Waals surface area contributed by atoms with Gasteiger partial charge in [0.05, 0.1) is 13.0 Å². The molecule has 4 heteroatoms. The van der Waals surface area contributed by atoms with Gasteiger partial charge in [-0.05, 0) is 25.2 Å². The molecule has 0 saturated carbocycles. The van der Waals surface area contributed by atoms with Gasteiger partial charge in [-0.2, -0.15) is 0 Å². The Morgan fingerprint density at radius 3 is 2.73 bits per heavy atom. The summed E-state index contributed by atoms with van der Waals surface area (Å²) in [6, 6.07) is 0. The number of hydrogen-bond donors (Lipinski definition) is 0. The summed E-state index contributed by atoms with van der Waals surface area (Å²) in [5, 5.41) is 0. The Kier molecular flexibility index (Phi) is 3.26. The fourth-order valence-corrected chi connectivity index (χ4v) is 2.86. The van der Waals surface area contributed by atoms with Crippen molar-refractivity contribution in [3.63, 3.8) is 0 Å². The van der Waals surface area contributed by atoms with Crippen molar-refractivity contribution in [2.75, 3.05) is 27.3 Å². The summed E-state index contributed by atoms with van der Waals surface area (Å²) in [7, 11) is 3.22. The topological polar surface area (TPSA) is 38.8 Å². The van der Waals surface area contributed by atoms with Crippen LogP contribution in [0.2, 0.25) is 0 Å². The van der Waals surface area contributed by atoms with Crippen molar-refractivity contribution in [1.29, 1.82) is 0 Å². The minimum Gasteiger partial charge on any atom is -0.469 e. The normalized spacial score (nSPS) is 39.9. The first-order valence-electron chi connectivity index (χ1n) is 5.61. The molecule has 4 atom stereocenters. The average Bonchev–Trinajstić information content (AvgIpc) is 2.58. The number of fused-ring (bicyclic) bond motifs is 4. The maximum absolute atomic E-state index is 11.6. The van der Waals surface area contributed by atoms with Gasteiger partial charge in [0, 0.05) is 20.2 Å². The van der Waals surface area contributed by atoms with Crippen LogP contribution in [0.15, 0.2) is 0 Å². The number of hydrogen-bond acceptors (Lipinski definition) is 4. The van der Waals surface area contributed by atoms with Crippen LogP contribution >= 0.6 is 0 Å². The Morgan fingerprint density at radius 1 is 1.27 bits per heavy atom. The highest BCUT2D eigenvalue weighted by Gasteiger charge is 2.40. The van der Waals surface area contributed by atoms with E-state index in [1.807, 2.05) is 0 Å². The number of esters is 1. The SMILES string of the molecule is COC(=O)[C@H]1CN2CC[C@H]1CC[C@H]2OC. The van der Waals surface area contributed by atoms with Crippen LogP contribution in [-0.4, -0.2) is 44.4 Å². The number of ether oxygens (including phenoxy) is 2. The molecule has 0 aromatic rings. The molecule has 0 amide bonds. The molecule has 0 radical (unpaired) electrons. The zero-order valence-corrected chi connectivity index (χ0v) is 9.44. The summed E-state index contributed by atoms with van der Waals surface area (Å²) < 4.78 is 10.3. The van der Waals surface area contributed by atoms with Crippen LogP contribution in [0.5, 0.6) is 0 Å². The molecule has 3 saturated heterocycles. The monoisotopic (exact) mass is 213 g/mol. The van der Waals surface area contributed by atoms with Gasteiger partial charge in [0.1, 0.15) is 6.23 Å². The Labute approximate surface area is 90.5 Å². The number of carbonyl (C=O) groups is 1. The molecular formula is C11H19NO3. The average molecular weight is 213 g/mol. The molecule has 0 aromatic heterocycles. The second-order valence-electron chi connectivity index (χ2n) is 4.44. The third-order valence-electron chi connectivity index (χ3n) is 3.76. The number of carbonyl (C=O) groups excluding carboxylic acids is 1. The highest BCUT2D eigenvalue weighted by molar-refractivity contribution is 5.73. The molecule has 3 aliphatic rings. The van der Waals surface area contributed by atoms with E-state index in [0.29, 0.717) is 5.92 Å². The lowest BCUT2D eigenvalue weighted by Gasteiger charge is -2.35. The molecule has 0 aromatic carbocycles. The van der Waals surface area contributed by atoms with Crippen molar-refractivity contribution >= 4 is 5.97 Å². The van der Waals surface area contributed by atoms with Gasteiger partial charge >= 0.3 is 5.97 Å². The number of rotatable bonds is 2. The predicted molar refractivity (Wildman–Crippen MR) is 55.2 cm³/mol. The summed E-state index contributed by atoms with van der Waals surface area (Å²) in [6.07, 6.45) is 3.41. The first-order valence-corrected chi connectivity index (χ1v) is 5.61. The van der Waals surface area contributed by atoms with E-state index in [0.717, 1.165) is 32.4 Å². The lowest BCUT2D eigenvalue weighted by Crippen LogP contribution is -2.45. The first-order chi connectivity index (χ1) is 7.26. The summed E-state index contributed by atoms with van der Waals surface area (Å²) in [5.74, 6) is 0.499. The van der Waals surface area contributed by atoms with Crippen molar-refractivity contribution in [2.45, 2.75) is 25.5 Å². The van der Waals surface area contributed by atoms with Crippen molar-refractivity contribution in [3.8, 4) is 0 Å². The Morgan fingerprint density at radius 2 is 2.07 bits per heavy atom. The molecule has 3 fully saturated rings. The third kappa shape index (κ3) is 2.01. The zero-order valence-electron chi connectivity index (χ0n) is 9.44. The second kappa shape index (κ2) is 4.49. The number of methoxy groups -OCH3 is 2. The molecule has 0 spiro atoms. The van der Waals surface area contributed by atoms with Crippen molar-refractivity contribution < 1.29 is 14.3 Å². The second-order valence-corrected chi connectivity index (χ2v) is 4.44. The molecular weight excluding hydrogens is 194 g/mol. The Bertz CT molecular complexity index is 244. The molecule has 3 heterocycles. The molecule has 3 rings (SSSR count). The van der Waals surface area contributed by atoms with Gasteiger partial charge in [0.25, 0.3) is 0 Å². The highest BCUT2D eigenvalue weighted by Crippen LogP contribution is 2.35. The molecule has 86 valence electrons. The largest absolute Gasteiger partial charge is 0.469 e. The van der Waals surface area contributed by atoms with Gasteiger partial charge in [-0.15, -0.1) is 0 Å². The van der Waals surface area contributed by atoms with Crippen molar-refractivity contribution in [1.82, 2.24) is 4.90 Å². The van der Waals surface area contributed by atoms with Crippen molar-refractivity contribution in [3.05, 3.63) is 0 Å². The summed E-state index contributed by atoms with van der Waals surface area (Å²) in [5.41, 5.74) is 0. The van der Waals surface area contributed by atoms with E-state index in [1.54, 1.807) is 7.11 Å². The van der Waals surface area contributed by atoms with Crippen LogP contribution in [0.25, 0.3) is 0 Å². The molecule has 4 nitrogen and oxygen atoms in total. The third-order valence-corrected chi connectivity index (χ3v) is 3.76. The lowest BCUT2D eigenvalue weighted by molar-refractivity contribution is -0.150. The van der Waals surface area contributed by atoms with E-state index < -0.39 is 0 Å². The van der Waals surface area contributed by atoms with E-state index in [2.05, 4.69) is 4.90 Å². The first kappa shape index (κ1) is 10.9. The fourth-order valence-electron chi connectivity index (χ4n) is 2.86. The lowest BCUT2D eigenvalue weighted by atomic mass is 9.84. The Balaban J connectivity index is 2.09. The number of nitrogens with zero attached hydrogens (tertiary/aromatic N) is 1. The van der Waals surface area contributed by atoms with Gasteiger partial charge in [-0.1, -0.05) is 0 Å². The molecule has 3 aliphatic heterocycles.